The molecule has 0 N–H and O–H groups in total. The summed E-state index contributed by atoms with van der Waals surface area (Å²) in [7, 11) is -2.27. The van der Waals surface area contributed by atoms with E-state index in [1.807, 2.05) is 18.2 Å². The molecule has 3 aromatic rings. The fraction of sp³-hybridized carbons (Fsp3) is 0.286. The van der Waals surface area contributed by atoms with Gasteiger partial charge in [-0.1, -0.05) is 41.4 Å². The van der Waals surface area contributed by atoms with E-state index in [4.69, 9.17) is 32.4 Å². The molecular formula is C21H20Cl2N2O5S. The van der Waals surface area contributed by atoms with Crippen molar-refractivity contribution in [3.8, 4) is 0 Å². The lowest BCUT2D eigenvalue weighted by Gasteiger charge is -2.33. The SMILES string of the molecule is COCc1c(C(=O)N2CCN(S(=O)(=O)c3cc(Cl)ccc3Cl)CC2)oc2ccccc12. The number of benzene rings is 2. The van der Waals surface area contributed by atoms with Gasteiger partial charge in [0, 0.05) is 49.3 Å². The molecule has 10 heteroatoms. The van der Waals surface area contributed by atoms with Crippen LogP contribution in [0.25, 0.3) is 11.0 Å². The summed E-state index contributed by atoms with van der Waals surface area (Å²) in [4.78, 5) is 14.7. The van der Waals surface area contributed by atoms with Gasteiger partial charge in [-0.05, 0) is 24.3 Å². The number of furan rings is 1. The van der Waals surface area contributed by atoms with Crippen LogP contribution >= 0.6 is 23.2 Å². The summed E-state index contributed by atoms with van der Waals surface area (Å²) in [6.45, 7) is 0.951. The van der Waals surface area contributed by atoms with Crippen LogP contribution in [0.4, 0.5) is 0 Å². The molecular weight excluding hydrogens is 463 g/mol. The Hall–Kier alpha value is -2.10. The van der Waals surface area contributed by atoms with Gasteiger partial charge in [0.1, 0.15) is 10.5 Å². The second-order valence-electron chi connectivity index (χ2n) is 7.11. The van der Waals surface area contributed by atoms with Gasteiger partial charge in [0.2, 0.25) is 10.0 Å². The first kappa shape index (κ1) is 22.1. The standard InChI is InChI=1S/C21H20Cl2N2O5S/c1-29-13-16-15-4-2-3-5-18(15)30-20(16)21(26)24-8-10-25(11-9-24)31(27,28)19-12-14(22)6-7-17(19)23/h2-7,12H,8-11,13H2,1H3. The van der Waals surface area contributed by atoms with E-state index >= 15 is 0 Å². The quantitative estimate of drug-likeness (QED) is 0.548. The third-order valence-electron chi connectivity index (χ3n) is 5.22. The van der Waals surface area contributed by atoms with Crippen LogP contribution in [0.15, 0.2) is 51.8 Å². The highest BCUT2D eigenvalue weighted by atomic mass is 35.5. The number of nitrogens with zero attached hydrogens (tertiary/aromatic N) is 2. The van der Waals surface area contributed by atoms with Crippen molar-refractivity contribution in [3.05, 3.63) is 63.8 Å². The van der Waals surface area contributed by atoms with E-state index in [0.29, 0.717) is 11.1 Å². The van der Waals surface area contributed by atoms with E-state index in [0.717, 1.165) is 5.39 Å². The van der Waals surface area contributed by atoms with E-state index in [2.05, 4.69) is 0 Å². The smallest absolute Gasteiger partial charge is 0.290 e. The van der Waals surface area contributed by atoms with Crippen molar-refractivity contribution in [1.82, 2.24) is 9.21 Å². The zero-order valence-electron chi connectivity index (χ0n) is 16.7. The summed E-state index contributed by atoms with van der Waals surface area (Å²) in [5, 5.41) is 1.21. The largest absolute Gasteiger partial charge is 0.451 e. The number of para-hydroxylation sites is 1. The number of fused-ring (bicyclic) bond motifs is 1. The lowest BCUT2D eigenvalue weighted by Crippen LogP contribution is -2.50. The molecule has 0 radical (unpaired) electrons. The third-order valence-corrected chi connectivity index (χ3v) is 7.83. The van der Waals surface area contributed by atoms with E-state index in [9.17, 15) is 13.2 Å². The van der Waals surface area contributed by atoms with Gasteiger partial charge in [0.25, 0.3) is 5.91 Å². The molecule has 2 heterocycles. The van der Waals surface area contributed by atoms with Crippen molar-refractivity contribution in [3.63, 3.8) is 0 Å². The third kappa shape index (κ3) is 4.18. The van der Waals surface area contributed by atoms with Gasteiger partial charge in [-0.3, -0.25) is 4.79 Å². The van der Waals surface area contributed by atoms with E-state index in [1.165, 1.54) is 22.5 Å². The molecule has 164 valence electrons. The van der Waals surface area contributed by atoms with Crippen molar-refractivity contribution < 1.29 is 22.4 Å². The van der Waals surface area contributed by atoms with Crippen LogP contribution in [0.3, 0.4) is 0 Å². The molecule has 4 rings (SSSR count). The predicted molar refractivity (Wildman–Crippen MR) is 118 cm³/mol. The summed E-state index contributed by atoms with van der Waals surface area (Å²) in [6, 6.07) is 11.7. The van der Waals surface area contributed by atoms with E-state index < -0.39 is 10.0 Å². The Bertz CT molecular complexity index is 1230. The van der Waals surface area contributed by atoms with Crippen molar-refractivity contribution in [2.24, 2.45) is 0 Å². The number of amides is 1. The number of methoxy groups -OCH3 is 1. The molecule has 2 aromatic carbocycles. The van der Waals surface area contributed by atoms with E-state index in [1.54, 1.807) is 18.1 Å². The minimum absolute atomic E-state index is 0.0406. The maximum Gasteiger partial charge on any atom is 0.290 e. The van der Waals surface area contributed by atoms with Gasteiger partial charge in [0.05, 0.1) is 11.6 Å². The van der Waals surface area contributed by atoms with Gasteiger partial charge in [-0.15, -0.1) is 0 Å². The first-order valence-corrected chi connectivity index (χ1v) is 11.8. The zero-order valence-corrected chi connectivity index (χ0v) is 19.0. The molecule has 0 spiro atoms. The van der Waals surface area contributed by atoms with Crippen LogP contribution in [-0.4, -0.2) is 56.8 Å². The Labute approximate surface area is 190 Å². The number of ether oxygens (including phenoxy) is 1. The topological polar surface area (TPSA) is 80.1 Å². The summed E-state index contributed by atoms with van der Waals surface area (Å²) in [6.07, 6.45) is 0. The number of carbonyl (C=O) groups is 1. The number of hydrogen-bond donors (Lipinski definition) is 0. The second kappa shape index (κ2) is 8.80. The summed E-state index contributed by atoms with van der Waals surface area (Å²) >= 11 is 12.0. The molecule has 1 fully saturated rings. The molecule has 1 amide bonds. The van der Waals surface area contributed by atoms with Crippen LogP contribution in [-0.2, 0) is 21.4 Å². The highest BCUT2D eigenvalue weighted by Crippen LogP contribution is 2.30. The predicted octanol–water partition coefficient (Wildman–Crippen LogP) is 4.03. The van der Waals surface area contributed by atoms with Crippen molar-refractivity contribution in [1.29, 1.82) is 0 Å². The van der Waals surface area contributed by atoms with Gasteiger partial charge in [-0.2, -0.15) is 4.31 Å². The lowest BCUT2D eigenvalue weighted by molar-refractivity contribution is 0.0662. The molecule has 1 saturated heterocycles. The fourth-order valence-corrected chi connectivity index (χ4v) is 5.81. The van der Waals surface area contributed by atoms with Gasteiger partial charge in [-0.25, -0.2) is 8.42 Å². The number of hydrogen-bond acceptors (Lipinski definition) is 5. The maximum atomic E-state index is 13.2. The molecule has 0 aliphatic carbocycles. The number of carbonyl (C=O) groups excluding carboxylic acids is 1. The van der Waals surface area contributed by atoms with Gasteiger partial charge in [0.15, 0.2) is 5.76 Å². The Morgan fingerprint density at radius 3 is 2.52 bits per heavy atom. The Morgan fingerprint density at radius 1 is 1.10 bits per heavy atom. The first-order chi connectivity index (χ1) is 14.8. The Morgan fingerprint density at radius 2 is 1.81 bits per heavy atom. The average molecular weight is 483 g/mol. The van der Waals surface area contributed by atoms with Crippen LogP contribution < -0.4 is 0 Å². The van der Waals surface area contributed by atoms with Crippen LogP contribution in [0.1, 0.15) is 16.1 Å². The zero-order chi connectivity index (χ0) is 22.2. The number of rotatable bonds is 5. The minimum atomic E-state index is -3.83. The lowest BCUT2D eigenvalue weighted by atomic mass is 10.1. The van der Waals surface area contributed by atoms with Gasteiger partial charge < -0.3 is 14.1 Å². The van der Waals surface area contributed by atoms with Crippen molar-refractivity contribution in [2.45, 2.75) is 11.5 Å². The number of halogens is 2. The summed E-state index contributed by atoms with van der Waals surface area (Å²) < 4.78 is 38.4. The highest BCUT2D eigenvalue weighted by molar-refractivity contribution is 7.89. The van der Waals surface area contributed by atoms with Crippen LogP contribution in [0.2, 0.25) is 10.0 Å². The van der Waals surface area contributed by atoms with E-state index in [-0.39, 0.29) is 59.4 Å². The van der Waals surface area contributed by atoms with Crippen LogP contribution in [0.5, 0.6) is 0 Å². The summed E-state index contributed by atoms with van der Waals surface area (Å²) in [5.41, 5.74) is 1.29. The molecule has 0 saturated carbocycles. The fourth-order valence-electron chi connectivity index (χ4n) is 3.65. The molecule has 1 aliphatic rings. The molecule has 0 bridgehead atoms. The van der Waals surface area contributed by atoms with Crippen molar-refractivity contribution >= 4 is 50.1 Å². The molecule has 7 nitrogen and oxygen atoms in total. The molecule has 0 atom stereocenters. The number of sulfonamides is 1. The summed E-state index contributed by atoms with van der Waals surface area (Å²) in [5.74, 6) is -0.0710. The molecule has 1 aliphatic heterocycles. The first-order valence-electron chi connectivity index (χ1n) is 9.56. The number of piperazine rings is 1. The Balaban J connectivity index is 1.54. The highest BCUT2D eigenvalue weighted by Gasteiger charge is 2.33. The monoisotopic (exact) mass is 482 g/mol. The normalized spacial score (nSPS) is 15.5. The second-order valence-corrected chi connectivity index (χ2v) is 9.86. The molecule has 31 heavy (non-hydrogen) atoms. The average Bonchev–Trinajstić information content (AvgIpc) is 3.14. The van der Waals surface area contributed by atoms with Crippen molar-refractivity contribution in [2.75, 3.05) is 33.3 Å². The Kier molecular flexibility index (Phi) is 6.27. The minimum Gasteiger partial charge on any atom is -0.451 e. The van der Waals surface area contributed by atoms with Crippen LogP contribution in [0, 0.1) is 0 Å². The molecule has 0 unspecified atom stereocenters. The van der Waals surface area contributed by atoms with Gasteiger partial charge >= 0.3 is 0 Å². The maximum absolute atomic E-state index is 13.2. The molecule has 1 aromatic heterocycles.